The van der Waals surface area contributed by atoms with Crippen molar-refractivity contribution in [2.75, 3.05) is 12.4 Å². The molecule has 0 atom stereocenters. The number of pyridine rings is 1. The van der Waals surface area contributed by atoms with Gasteiger partial charge in [-0.1, -0.05) is 0 Å². The van der Waals surface area contributed by atoms with E-state index in [0.717, 1.165) is 17.1 Å². The third-order valence-corrected chi connectivity index (χ3v) is 2.81. The van der Waals surface area contributed by atoms with Gasteiger partial charge >= 0.3 is 0 Å². The molecule has 0 saturated heterocycles. The maximum Gasteiger partial charge on any atom is 0.255 e. The molecule has 0 fully saturated rings. The van der Waals surface area contributed by atoms with Crippen molar-refractivity contribution in [3.05, 3.63) is 41.4 Å². The Bertz CT molecular complexity index is 573. The number of aromatic nitrogens is 2. The molecule has 0 aliphatic heterocycles. The number of amides is 1. The minimum Gasteiger partial charge on any atom is -0.444 e. The monoisotopic (exact) mass is 260 g/mol. The summed E-state index contributed by atoms with van der Waals surface area (Å²) in [7, 11) is 1.76. The van der Waals surface area contributed by atoms with E-state index in [2.05, 4.69) is 20.6 Å². The molecule has 19 heavy (non-hydrogen) atoms. The van der Waals surface area contributed by atoms with E-state index < -0.39 is 0 Å². The Morgan fingerprint density at radius 2 is 2.21 bits per heavy atom. The van der Waals surface area contributed by atoms with Crippen molar-refractivity contribution in [3.63, 3.8) is 0 Å². The van der Waals surface area contributed by atoms with Crippen molar-refractivity contribution in [2.24, 2.45) is 0 Å². The number of nitrogens with one attached hydrogen (secondary N) is 2. The van der Waals surface area contributed by atoms with Crippen LogP contribution in [0.3, 0.4) is 0 Å². The van der Waals surface area contributed by atoms with Gasteiger partial charge < -0.3 is 15.1 Å². The molecule has 2 N–H and O–H groups in total. The van der Waals surface area contributed by atoms with E-state index in [-0.39, 0.29) is 12.5 Å². The van der Waals surface area contributed by atoms with Crippen molar-refractivity contribution >= 4 is 11.6 Å². The average Bonchev–Trinajstić information content (AvgIpc) is 2.75. The van der Waals surface area contributed by atoms with E-state index in [9.17, 15) is 4.79 Å². The normalized spacial score (nSPS) is 10.3. The van der Waals surface area contributed by atoms with Crippen LogP contribution in [0.15, 0.2) is 22.9 Å². The highest BCUT2D eigenvalue weighted by atomic mass is 16.4. The minimum atomic E-state index is -0.217. The molecule has 1 amide bonds. The van der Waals surface area contributed by atoms with E-state index in [1.165, 1.54) is 6.20 Å². The third-order valence-electron chi connectivity index (χ3n) is 2.81. The first-order valence-corrected chi connectivity index (χ1v) is 5.94. The summed E-state index contributed by atoms with van der Waals surface area (Å²) in [5.74, 6) is 1.05. The number of anilines is 1. The number of aryl methyl sites for hydroxylation is 2. The topological polar surface area (TPSA) is 80.0 Å². The first-order chi connectivity index (χ1) is 9.11. The average molecular weight is 260 g/mol. The van der Waals surface area contributed by atoms with Gasteiger partial charge in [0.05, 0.1) is 17.8 Å². The predicted molar refractivity (Wildman–Crippen MR) is 70.9 cm³/mol. The molecule has 2 heterocycles. The second kappa shape index (κ2) is 5.51. The second-order valence-electron chi connectivity index (χ2n) is 4.10. The molecule has 6 nitrogen and oxygen atoms in total. The van der Waals surface area contributed by atoms with Crippen LogP contribution in [0.4, 0.5) is 5.69 Å². The summed E-state index contributed by atoms with van der Waals surface area (Å²) < 4.78 is 5.40. The lowest BCUT2D eigenvalue weighted by Crippen LogP contribution is -2.24. The van der Waals surface area contributed by atoms with E-state index >= 15 is 0 Å². The number of carbonyl (C=O) groups is 1. The Morgan fingerprint density at radius 1 is 1.42 bits per heavy atom. The Morgan fingerprint density at radius 3 is 2.84 bits per heavy atom. The van der Waals surface area contributed by atoms with Crippen LogP contribution in [0.2, 0.25) is 0 Å². The molecule has 100 valence electrons. The zero-order chi connectivity index (χ0) is 13.8. The highest BCUT2D eigenvalue weighted by Gasteiger charge is 2.12. The van der Waals surface area contributed by atoms with Gasteiger partial charge in [0, 0.05) is 25.1 Å². The van der Waals surface area contributed by atoms with Crippen LogP contribution in [0.25, 0.3) is 0 Å². The summed E-state index contributed by atoms with van der Waals surface area (Å²) in [6.07, 6.45) is 3.15. The van der Waals surface area contributed by atoms with Crippen LogP contribution < -0.4 is 10.6 Å². The van der Waals surface area contributed by atoms with Crippen LogP contribution in [0, 0.1) is 13.8 Å². The first-order valence-electron chi connectivity index (χ1n) is 5.94. The van der Waals surface area contributed by atoms with E-state index in [1.807, 2.05) is 13.8 Å². The van der Waals surface area contributed by atoms with Gasteiger partial charge in [-0.15, -0.1) is 0 Å². The van der Waals surface area contributed by atoms with E-state index in [4.69, 9.17) is 4.42 Å². The molecule has 2 aromatic rings. The molecule has 0 aliphatic rings. The maximum atomic E-state index is 12.0. The Hall–Kier alpha value is -2.37. The van der Waals surface area contributed by atoms with Crippen LogP contribution >= 0.6 is 0 Å². The SMILES string of the molecule is CNc1ccncc1C(=O)NCc1nc(C)c(C)o1. The fraction of sp³-hybridized carbons (Fsp3) is 0.308. The summed E-state index contributed by atoms with van der Waals surface area (Å²) in [6, 6.07) is 1.74. The van der Waals surface area contributed by atoms with Gasteiger partial charge in [0.15, 0.2) is 0 Å². The predicted octanol–water partition coefficient (Wildman–Crippen LogP) is 1.66. The summed E-state index contributed by atoms with van der Waals surface area (Å²) >= 11 is 0. The maximum absolute atomic E-state index is 12.0. The summed E-state index contributed by atoms with van der Waals surface area (Å²) in [5.41, 5.74) is 2.05. The molecule has 2 rings (SSSR count). The van der Waals surface area contributed by atoms with Crippen molar-refractivity contribution < 1.29 is 9.21 Å². The highest BCUT2D eigenvalue weighted by Crippen LogP contribution is 2.13. The number of carbonyl (C=O) groups excluding carboxylic acids is 1. The lowest BCUT2D eigenvalue weighted by atomic mass is 10.2. The lowest BCUT2D eigenvalue weighted by molar-refractivity contribution is 0.0947. The first kappa shape index (κ1) is 13.1. The van der Waals surface area contributed by atoms with Gasteiger partial charge in [-0.05, 0) is 19.9 Å². The molecule has 0 unspecified atom stereocenters. The molecule has 0 aromatic carbocycles. The molecule has 0 bridgehead atoms. The largest absolute Gasteiger partial charge is 0.444 e. The fourth-order valence-electron chi connectivity index (χ4n) is 1.66. The Labute approximate surface area is 111 Å². The van der Waals surface area contributed by atoms with Crippen molar-refractivity contribution in [1.29, 1.82) is 0 Å². The molecule has 0 spiro atoms. The van der Waals surface area contributed by atoms with Gasteiger partial charge in [-0.3, -0.25) is 9.78 Å². The molecule has 0 aliphatic carbocycles. The molecule has 0 radical (unpaired) electrons. The van der Waals surface area contributed by atoms with Crippen molar-refractivity contribution in [1.82, 2.24) is 15.3 Å². The summed E-state index contributed by atoms with van der Waals surface area (Å²) in [6.45, 7) is 3.96. The quantitative estimate of drug-likeness (QED) is 0.873. The standard InChI is InChI=1S/C13H16N4O2/c1-8-9(2)19-12(17-8)7-16-13(18)10-6-15-5-4-11(10)14-3/h4-6H,7H2,1-3H3,(H,14,15)(H,16,18). The number of hydrogen-bond donors (Lipinski definition) is 2. The fourth-order valence-corrected chi connectivity index (χ4v) is 1.66. The van der Waals surface area contributed by atoms with Crippen LogP contribution in [-0.2, 0) is 6.54 Å². The smallest absolute Gasteiger partial charge is 0.255 e. The number of hydrogen-bond acceptors (Lipinski definition) is 5. The number of oxazole rings is 1. The van der Waals surface area contributed by atoms with Gasteiger partial charge in [0.2, 0.25) is 5.89 Å². The van der Waals surface area contributed by atoms with Crippen molar-refractivity contribution in [3.8, 4) is 0 Å². The number of rotatable bonds is 4. The van der Waals surface area contributed by atoms with Crippen LogP contribution in [-0.4, -0.2) is 22.9 Å². The van der Waals surface area contributed by atoms with Crippen LogP contribution in [0.1, 0.15) is 27.7 Å². The van der Waals surface area contributed by atoms with Gasteiger partial charge in [-0.2, -0.15) is 0 Å². The van der Waals surface area contributed by atoms with E-state index in [1.54, 1.807) is 19.3 Å². The molecular weight excluding hydrogens is 244 g/mol. The van der Waals surface area contributed by atoms with Gasteiger partial charge in [0.25, 0.3) is 5.91 Å². The molecule has 6 heteroatoms. The zero-order valence-electron chi connectivity index (χ0n) is 11.2. The van der Waals surface area contributed by atoms with E-state index in [0.29, 0.717) is 11.5 Å². The second-order valence-corrected chi connectivity index (χ2v) is 4.10. The van der Waals surface area contributed by atoms with Gasteiger partial charge in [-0.25, -0.2) is 4.98 Å². The van der Waals surface area contributed by atoms with Gasteiger partial charge in [0.1, 0.15) is 5.76 Å². The lowest BCUT2D eigenvalue weighted by Gasteiger charge is -2.07. The number of nitrogens with zero attached hydrogens (tertiary/aromatic N) is 2. The Kier molecular flexibility index (Phi) is 3.79. The summed E-state index contributed by atoms with van der Waals surface area (Å²) in [5, 5.41) is 5.70. The highest BCUT2D eigenvalue weighted by molar-refractivity contribution is 5.99. The molecule has 2 aromatic heterocycles. The molecular formula is C13H16N4O2. The van der Waals surface area contributed by atoms with Crippen molar-refractivity contribution in [2.45, 2.75) is 20.4 Å². The zero-order valence-corrected chi connectivity index (χ0v) is 11.2. The molecule has 0 saturated carbocycles. The Balaban J connectivity index is 2.05. The summed E-state index contributed by atoms with van der Waals surface area (Å²) in [4.78, 5) is 20.2. The minimum absolute atomic E-state index is 0.217. The third kappa shape index (κ3) is 2.90. The van der Waals surface area contributed by atoms with Crippen LogP contribution in [0.5, 0.6) is 0 Å².